The molecule has 0 radical (unpaired) electrons. The number of hydrogen-bond acceptors (Lipinski definition) is 3. The third-order valence-electron chi connectivity index (χ3n) is 3.69. The number of benzene rings is 2. The SMILES string of the molecule is COc1cccc(C(Cc2ccc(N(C)C)cc2)C(=O)O)c1. The van der Waals surface area contributed by atoms with E-state index in [0.717, 1.165) is 16.8 Å². The van der Waals surface area contributed by atoms with Gasteiger partial charge in [0.1, 0.15) is 5.75 Å². The number of carboxylic acids is 1. The van der Waals surface area contributed by atoms with E-state index in [1.165, 1.54) is 0 Å². The Balaban J connectivity index is 2.23. The van der Waals surface area contributed by atoms with Gasteiger partial charge in [-0.2, -0.15) is 0 Å². The van der Waals surface area contributed by atoms with Gasteiger partial charge in [0.15, 0.2) is 0 Å². The first-order valence-electron chi connectivity index (χ1n) is 7.14. The zero-order valence-electron chi connectivity index (χ0n) is 13.1. The number of anilines is 1. The van der Waals surface area contributed by atoms with Gasteiger partial charge in [0.05, 0.1) is 13.0 Å². The van der Waals surface area contributed by atoms with Crippen molar-refractivity contribution in [2.24, 2.45) is 0 Å². The van der Waals surface area contributed by atoms with Crippen molar-refractivity contribution >= 4 is 11.7 Å². The predicted octanol–water partition coefficient (Wildman–Crippen LogP) is 3.17. The first kappa shape index (κ1) is 15.9. The highest BCUT2D eigenvalue weighted by molar-refractivity contribution is 5.76. The maximum Gasteiger partial charge on any atom is 0.311 e. The molecule has 4 heteroatoms. The molecule has 2 aromatic carbocycles. The molecule has 0 aliphatic rings. The van der Waals surface area contributed by atoms with Crippen molar-refractivity contribution in [3.8, 4) is 5.75 Å². The lowest BCUT2D eigenvalue weighted by Crippen LogP contribution is -2.15. The molecule has 0 saturated carbocycles. The van der Waals surface area contributed by atoms with E-state index in [4.69, 9.17) is 4.74 Å². The Morgan fingerprint density at radius 2 is 1.86 bits per heavy atom. The molecule has 0 aliphatic carbocycles. The number of methoxy groups -OCH3 is 1. The normalized spacial score (nSPS) is 11.8. The molecule has 1 N–H and O–H groups in total. The van der Waals surface area contributed by atoms with Crippen LogP contribution in [0.15, 0.2) is 48.5 Å². The third kappa shape index (κ3) is 3.79. The molecule has 0 heterocycles. The summed E-state index contributed by atoms with van der Waals surface area (Å²) in [5.74, 6) is -0.739. The summed E-state index contributed by atoms with van der Waals surface area (Å²) in [4.78, 5) is 13.6. The van der Waals surface area contributed by atoms with E-state index in [0.29, 0.717) is 12.2 Å². The van der Waals surface area contributed by atoms with Crippen LogP contribution in [0.25, 0.3) is 0 Å². The standard InChI is InChI=1S/C18H21NO3/c1-19(2)15-9-7-13(8-10-15)11-17(18(20)21)14-5-4-6-16(12-14)22-3/h4-10,12,17H,11H2,1-3H3,(H,20,21). The van der Waals surface area contributed by atoms with Crippen LogP contribution in [0.4, 0.5) is 5.69 Å². The van der Waals surface area contributed by atoms with Crippen molar-refractivity contribution in [1.82, 2.24) is 0 Å². The fourth-order valence-electron chi connectivity index (χ4n) is 2.37. The molecule has 4 nitrogen and oxygen atoms in total. The molecule has 22 heavy (non-hydrogen) atoms. The van der Waals surface area contributed by atoms with Crippen LogP contribution in [0.2, 0.25) is 0 Å². The Labute approximate surface area is 131 Å². The minimum absolute atomic E-state index is 0.455. The number of rotatable bonds is 6. The number of ether oxygens (including phenoxy) is 1. The van der Waals surface area contributed by atoms with Gasteiger partial charge in [-0.25, -0.2) is 0 Å². The fourth-order valence-corrected chi connectivity index (χ4v) is 2.37. The first-order valence-corrected chi connectivity index (χ1v) is 7.14. The Morgan fingerprint density at radius 1 is 1.18 bits per heavy atom. The van der Waals surface area contributed by atoms with Gasteiger partial charge in [-0.05, 0) is 41.8 Å². The minimum Gasteiger partial charge on any atom is -0.497 e. The molecule has 0 aromatic heterocycles. The van der Waals surface area contributed by atoms with Gasteiger partial charge in [0, 0.05) is 19.8 Å². The van der Waals surface area contributed by atoms with Crippen molar-refractivity contribution in [1.29, 1.82) is 0 Å². The maximum absolute atomic E-state index is 11.6. The highest BCUT2D eigenvalue weighted by Gasteiger charge is 2.20. The molecule has 0 bridgehead atoms. The van der Waals surface area contributed by atoms with Crippen LogP contribution in [0.5, 0.6) is 5.75 Å². The summed E-state index contributed by atoms with van der Waals surface area (Å²) in [6.07, 6.45) is 0.455. The maximum atomic E-state index is 11.6. The molecule has 2 rings (SSSR count). The van der Waals surface area contributed by atoms with Crippen molar-refractivity contribution < 1.29 is 14.6 Å². The lowest BCUT2D eigenvalue weighted by atomic mass is 9.92. The molecular weight excluding hydrogens is 278 g/mol. The Hall–Kier alpha value is -2.49. The first-order chi connectivity index (χ1) is 10.5. The monoisotopic (exact) mass is 299 g/mol. The van der Waals surface area contributed by atoms with E-state index >= 15 is 0 Å². The molecule has 2 aromatic rings. The lowest BCUT2D eigenvalue weighted by Gasteiger charge is -2.16. The Bertz CT molecular complexity index is 635. The topological polar surface area (TPSA) is 49.8 Å². The van der Waals surface area contributed by atoms with Crippen molar-refractivity contribution in [2.75, 3.05) is 26.1 Å². The molecule has 0 spiro atoms. The quantitative estimate of drug-likeness (QED) is 0.890. The third-order valence-corrected chi connectivity index (χ3v) is 3.69. The zero-order chi connectivity index (χ0) is 16.1. The van der Waals surface area contributed by atoms with Crippen LogP contribution in [0, 0.1) is 0 Å². The molecular formula is C18H21NO3. The van der Waals surface area contributed by atoms with Gasteiger partial charge < -0.3 is 14.7 Å². The summed E-state index contributed by atoms with van der Waals surface area (Å²) in [6, 6.07) is 15.2. The number of aliphatic carboxylic acids is 1. The average Bonchev–Trinajstić information content (AvgIpc) is 2.52. The lowest BCUT2D eigenvalue weighted by molar-refractivity contribution is -0.138. The molecule has 1 unspecified atom stereocenters. The van der Waals surface area contributed by atoms with Gasteiger partial charge in [-0.1, -0.05) is 24.3 Å². The van der Waals surface area contributed by atoms with Crippen molar-refractivity contribution in [3.05, 3.63) is 59.7 Å². The van der Waals surface area contributed by atoms with E-state index < -0.39 is 11.9 Å². The van der Waals surface area contributed by atoms with E-state index in [1.54, 1.807) is 13.2 Å². The van der Waals surface area contributed by atoms with Crippen LogP contribution in [0.3, 0.4) is 0 Å². The number of carboxylic acid groups (broad SMARTS) is 1. The largest absolute Gasteiger partial charge is 0.497 e. The van der Waals surface area contributed by atoms with E-state index in [2.05, 4.69) is 0 Å². The summed E-state index contributed by atoms with van der Waals surface area (Å²) in [7, 11) is 5.53. The summed E-state index contributed by atoms with van der Waals surface area (Å²) in [6.45, 7) is 0. The minimum atomic E-state index is -0.829. The van der Waals surface area contributed by atoms with E-state index in [1.807, 2.05) is 61.5 Å². The second-order valence-corrected chi connectivity index (χ2v) is 5.43. The molecule has 0 fully saturated rings. The zero-order valence-corrected chi connectivity index (χ0v) is 13.1. The van der Waals surface area contributed by atoms with Gasteiger partial charge >= 0.3 is 5.97 Å². The highest BCUT2D eigenvalue weighted by Crippen LogP contribution is 2.25. The second-order valence-electron chi connectivity index (χ2n) is 5.43. The van der Waals surface area contributed by atoms with Crippen LogP contribution < -0.4 is 9.64 Å². The number of hydrogen-bond donors (Lipinski definition) is 1. The van der Waals surface area contributed by atoms with Crippen molar-refractivity contribution in [2.45, 2.75) is 12.3 Å². The van der Waals surface area contributed by atoms with Gasteiger partial charge in [-0.15, -0.1) is 0 Å². The number of nitrogens with zero attached hydrogens (tertiary/aromatic N) is 1. The Kier molecular flexibility index (Phi) is 5.04. The van der Waals surface area contributed by atoms with Crippen LogP contribution in [-0.4, -0.2) is 32.3 Å². The van der Waals surface area contributed by atoms with Gasteiger partial charge in [0.2, 0.25) is 0 Å². The molecule has 0 amide bonds. The van der Waals surface area contributed by atoms with Crippen LogP contribution in [-0.2, 0) is 11.2 Å². The summed E-state index contributed by atoms with van der Waals surface area (Å²) in [5.41, 5.74) is 2.85. The molecule has 0 saturated heterocycles. The number of carbonyl (C=O) groups is 1. The molecule has 1 atom stereocenters. The predicted molar refractivity (Wildman–Crippen MR) is 87.8 cm³/mol. The van der Waals surface area contributed by atoms with Crippen molar-refractivity contribution in [3.63, 3.8) is 0 Å². The molecule has 116 valence electrons. The van der Waals surface area contributed by atoms with Gasteiger partial charge in [0.25, 0.3) is 0 Å². The van der Waals surface area contributed by atoms with E-state index in [-0.39, 0.29) is 0 Å². The Morgan fingerprint density at radius 3 is 2.41 bits per heavy atom. The fraction of sp³-hybridized carbons (Fsp3) is 0.278. The van der Waals surface area contributed by atoms with Crippen LogP contribution >= 0.6 is 0 Å². The van der Waals surface area contributed by atoms with Crippen LogP contribution in [0.1, 0.15) is 17.0 Å². The molecule has 0 aliphatic heterocycles. The summed E-state index contributed by atoms with van der Waals surface area (Å²) < 4.78 is 5.18. The average molecular weight is 299 g/mol. The summed E-state index contributed by atoms with van der Waals surface area (Å²) in [5, 5.41) is 9.55. The highest BCUT2D eigenvalue weighted by atomic mass is 16.5. The van der Waals surface area contributed by atoms with E-state index in [9.17, 15) is 9.90 Å². The van der Waals surface area contributed by atoms with Gasteiger partial charge in [-0.3, -0.25) is 4.79 Å². The second kappa shape index (κ2) is 6.98. The summed E-state index contributed by atoms with van der Waals surface area (Å²) >= 11 is 0. The smallest absolute Gasteiger partial charge is 0.311 e.